The lowest BCUT2D eigenvalue weighted by Crippen LogP contribution is -2.45. The van der Waals surface area contributed by atoms with Crippen molar-refractivity contribution in [3.05, 3.63) is 11.1 Å². The highest BCUT2D eigenvalue weighted by Crippen LogP contribution is 2.49. The zero-order valence-corrected chi connectivity index (χ0v) is 10.9. The van der Waals surface area contributed by atoms with Crippen molar-refractivity contribution in [2.24, 2.45) is 5.92 Å². The highest BCUT2D eigenvalue weighted by atomic mass is 15.2. The van der Waals surface area contributed by atoms with Crippen molar-refractivity contribution in [3.8, 4) is 0 Å². The minimum atomic E-state index is 0.476. The van der Waals surface area contributed by atoms with E-state index in [-0.39, 0.29) is 0 Å². The van der Waals surface area contributed by atoms with E-state index in [0.29, 0.717) is 5.54 Å². The molecule has 1 aliphatic carbocycles. The molecular weight excluding hydrogens is 194 g/mol. The lowest BCUT2D eigenvalue weighted by molar-refractivity contribution is 0.176. The third-order valence-electron chi connectivity index (χ3n) is 5.23. The first-order chi connectivity index (χ1) is 7.74. The lowest BCUT2D eigenvalue weighted by atomic mass is 9.81. The van der Waals surface area contributed by atoms with Crippen LogP contribution in [0.4, 0.5) is 0 Å². The summed E-state index contributed by atoms with van der Waals surface area (Å²) in [6.45, 7) is 7.58. The molecule has 2 aliphatic heterocycles. The zero-order valence-electron chi connectivity index (χ0n) is 10.9. The Kier molecular flexibility index (Phi) is 2.62. The van der Waals surface area contributed by atoms with Crippen LogP contribution in [0.25, 0.3) is 0 Å². The Hall–Kier alpha value is -0.300. The smallest absolute Gasteiger partial charge is 0.0398 e. The van der Waals surface area contributed by atoms with Crippen molar-refractivity contribution in [1.29, 1.82) is 0 Å². The first-order valence-electron chi connectivity index (χ1n) is 7.20. The maximum Gasteiger partial charge on any atom is 0.0398 e. The number of hydrogen-bond donors (Lipinski definition) is 0. The van der Waals surface area contributed by atoms with Gasteiger partial charge in [-0.15, -0.1) is 0 Å². The molecule has 1 fully saturated rings. The Morgan fingerprint density at radius 1 is 1.31 bits per heavy atom. The molecule has 3 aliphatic rings. The quantitative estimate of drug-likeness (QED) is 0.639. The molecule has 90 valence electrons. The first-order valence-corrected chi connectivity index (χ1v) is 7.20. The van der Waals surface area contributed by atoms with E-state index in [9.17, 15) is 0 Å². The van der Waals surface area contributed by atoms with Crippen LogP contribution in [0.3, 0.4) is 0 Å². The molecular formula is C15H25N. The Labute approximate surface area is 99.9 Å². The van der Waals surface area contributed by atoms with E-state index in [1.807, 2.05) is 11.1 Å². The van der Waals surface area contributed by atoms with E-state index < -0.39 is 0 Å². The maximum atomic E-state index is 2.80. The second-order valence-electron chi connectivity index (χ2n) is 6.26. The molecule has 0 radical (unpaired) electrons. The summed E-state index contributed by atoms with van der Waals surface area (Å²) in [4.78, 5) is 2.80. The van der Waals surface area contributed by atoms with E-state index >= 15 is 0 Å². The highest BCUT2D eigenvalue weighted by Gasteiger charge is 2.47. The van der Waals surface area contributed by atoms with Crippen molar-refractivity contribution in [1.82, 2.24) is 4.90 Å². The van der Waals surface area contributed by atoms with Crippen LogP contribution in [0.15, 0.2) is 11.1 Å². The van der Waals surface area contributed by atoms with Crippen molar-refractivity contribution >= 4 is 0 Å². The number of hydrogen-bond acceptors (Lipinski definition) is 1. The predicted octanol–water partition coefficient (Wildman–Crippen LogP) is 3.75. The largest absolute Gasteiger partial charge is 0.294 e. The molecule has 0 saturated carbocycles. The summed E-state index contributed by atoms with van der Waals surface area (Å²) < 4.78 is 0. The molecule has 0 N–H and O–H groups in total. The monoisotopic (exact) mass is 219 g/mol. The first kappa shape index (κ1) is 10.8. The molecule has 0 unspecified atom stereocenters. The molecule has 1 heteroatoms. The molecule has 2 atom stereocenters. The van der Waals surface area contributed by atoms with Gasteiger partial charge in [0.25, 0.3) is 0 Å². The molecule has 1 nitrogen and oxygen atoms in total. The van der Waals surface area contributed by atoms with E-state index in [2.05, 4.69) is 18.7 Å². The molecule has 1 saturated heterocycles. The third kappa shape index (κ3) is 1.48. The van der Waals surface area contributed by atoms with Gasteiger partial charge >= 0.3 is 0 Å². The van der Waals surface area contributed by atoms with Crippen LogP contribution < -0.4 is 0 Å². The topological polar surface area (TPSA) is 3.24 Å². The fourth-order valence-electron chi connectivity index (χ4n) is 4.52. The normalized spacial score (nSPS) is 39.0. The second-order valence-corrected chi connectivity index (χ2v) is 6.26. The van der Waals surface area contributed by atoms with Crippen LogP contribution in [0.1, 0.15) is 58.8 Å². The Balaban J connectivity index is 1.85. The highest BCUT2D eigenvalue weighted by molar-refractivity contribution is 5.34. The number of fused-ring (bicyclic) bond motifs is 2. The third-order valence-corrected chi connectivity index (χ3v) is 5.23. The van der Waals surface area contributed by atoms with Gasteiger partial charge in [-0.25, -0.2) is 0 Å². The van der Waals surface area contributed by atoms with Gasteiger partial charge in [-0.1, -0.05) is 24.5 Å². The van der Waals surface area contributed by atoms with Gasteiger partial charge in [-0.2, -0.15) is 0 Å². The minimum Gasteiger partial charge on any atom is -0.294 e. The Morgan fingerprint density at radius 3 is 3.00 bits per heavy atom. The van der Waals surface area contributed by atoms with Crippen LogP contribution in [0.2, 0.25) is 0 Å². The van der Waals surface area contributed by atoms with Gasteiger partial charge in [0, 0.05) is 18.6 Å². The summed E-state index contributed by atoms with van der Waals surface area (Å²) >= 11 is 0. The Bertz CT molecular complexity index is 317. The molecule has 3 rings (SSSR count). The van der Waals surface area contributed by atoms with Gasteiger partial charge < -0.3 is 0 Å². The average Bonchev–Trinajstić information content (AvgIpc) is 2.81. The molecule has 0 spiro atoms. The van der Waals surface area contributed by atoms with E-state index in [1.54, 1.807) is 0 Å². The summed E-state index contributed by atoms with van der Waals surface area (Å²) in [5.41, 5.74) is 4.18. The SMILES string of the molecule is CCC[C@@H]1CN2CCC3=C(CCC3)[C@@]2(C)C1. The lowest BCUT2D eigenvalue weighted by Gasteiger charge is -2.41. The number of rotatable bonds is 2. The summed E-state index contributed by atoms with van der Waals surface area (Å²) in [7, 11) is 0. The molecule has 0 aromatic rings. The van der Waals surface area contributed by atoms with Crippen molar-refractivity contribution in [3.63, 3.8) is 0 Å². The van der Waals surface area contributed by atoms with Crippen LogP contribution in [-0.4, -0.2) is 23.5 Å². The van der Waals surface area contributed by atoms with Gasteiger partial charge in [-0.05, 0) is 51.4 Å². The van der Waals surface area contributed by atoms with Crippen molar-refractivity contribution < 1.29 is 0 Å². The fraction of sp³-hybridized carbons (Fsp3) is 0.867. The van der Waals surface area contributed by atoms with Gasteiger partial charge in [0.2, 0.25) is 0 Å². The second kappa shape index (κ2) is 3.87. The number of nitrogens with zero attached hydrogens (tertiary/aromatic N) is 1. The van der Waals surface area contributed by atoms with E-state index in [0.717, 1.165) is 5.92 Å². The van der Waals surface area contributed by atoms with Gasteiger partial charge in [0.05, 0.1) is 0 Å². The molecule has 0 aromatic carbocycles. The molecule has 0 aromatic heterocycles. The Morgan fingerprint density at radius 2 is 2.19 bits per heavy atom. The van der Waals surface area contributed by atoms with Crippen LogP contribution in [0, 0.1) is 5.92 Å². The van der Waals surface area contributed by atoms with Gasteiger partial charge in [0.1, 0.15) is 0 Å². The maximum absolute atomic E-state index is 2.80. The fourth-order valence-corrected chi connectivity index (χ4v) is 4.52. The van der Waals surface area contributed by atoms with Gasteiger partial charge in [-0.3, -0.25) is 4.90 Å². The van der Waals surface area contributed by atoms with Crippen molar-refractivity contribution in [2.45, 2.75) is 64.3 Å². The minimum absolute atomic E-state index is 0.476. The standard InChI is InChI=1S/C15H25N/c1-3-5-12-10-15(2)14-7-4-6-13(14)8-9-16(15)11-12/h12H,3-11H2,1-2H3/t12-,15+/m0/s1. The van der Waals surface area contributed by atoms with Crippen LogP contribution in [0.5, 0.6) is 0 Å². The molecule has 0 bridgehead atoms. The van der Waals surface area contributed by atoms with E-state index in [4.69, 9.17) is 0 Å². The summed E-state index contributed by atoms with van der Waals surface area (Å²) in [6, 6.07) is 0. The van der Waals surface area contributed by atoms with Crippen LogP contribution >= 0.6 is 0 Å². The summed E-state index contributed by atoms with van der Waals surface area (Å²) in [5.74, 6) is 0.974. The molecule has 16 heavy (non-hydrogen) atoms. The van der Waals surface area contributed by atoms with Gasteiger partial charge in [0.15, 0.2) is 0 Å². The van der Waals surface area contributed by atoms with E-state index in [1.165, 1.54) is 58.0 Å². The molecule has 0 amide bonds. The zero-order chi connectivity index (χ0) is 11.2. The van der Waals surface area contributed by atoms with Crippen molar-refractivity contribution in [2.75, 3.05) is 13.1 Å². The molecule has 2 heterocycles. The summed E-state index contributed by atoms with van der Waals surface area (Å²) in [6.07, 6.45) is 9.88. The summed E-state index contributed by atoms with van der Waals surface area (Å²) in [5, 5.41) is 0. The average molecular weight is 219 g/mol. The predicted molar refractivity (Wildman–Crippen MR) is 68.5 cm³/mol. The van der Waals surface area contributed by atoms with Crippen LogP contribution in [-0.2, 0) is 0 Å².